The van der Waals surface area contributed by atoms with Crippen LogP contribution in [0.5, 0.6) is 0 Å². The van der Waals surface area contributed by atoms with Crippen LogP contribution in [0.2, 0.25) is 0 Å². The topological polar surface area (TPSA) is 82.4 Å². The average molecular weight is 213 g/mol. The second-order valence-electron chi connectivity index (χ2n) is 2.76. The van der Waals surface area contributed by atoms with Crippen LogP contribution >= 0.6 is 0 Å². The highest BCUT2D eigenvalue weighted by Gasteiger charge is 2.17. The third-order valence-electron chi connectivity index (χ3n) is 1.64. The van der Waals surface area contributed by atoms with Crippen LogP contribution in [0.4, 0.5) is 0 Å². The largest absolute Gasteiger partial charge is 0.380 e. The summed E-state index contributed by atoms with van der Waals surface area (Å²) in [6, 6.07) is 1.72. The number of likely N-dealkylation sites (N-methyl/N-ethyl adjacent to an activating group) is 1. The van der Waals surface area contributed by atoms with Crippen molar-refractivity contribution in [3.8, 4) is 6.07 Å². The van der Waals surface area contributed by atoms with Gasteiger partial charge in [-0.25, -0.2) is 0 Å². The van der Waals surface area contributed by atoms with E-state index in [0.717, 1.165) is 0 Å². The van der Waals surface area contributed by atoms with Crippen molar-refractivity contribution in [2.45, 2.75) is 6.92 Å². The average Bonchev–Trinajstić information content (AvgIpc) is 2.24. The summed E-state index contributed by atoms with van der Waals surface area (Å²) in [5, 5.41) is 10.4. The summed E-state index contributed by atoms with van der Waals surface area (Å²) < 4.78 is 5.04. The molecule has 6 heteroatoms. The van der Waals surface area contributed by atoms with Gasteiger partial charge in [0.2, 0.25) is 0 Å². The highest BCUT2D eigenvalue weighted by atomic mass is 16.5. The summed E-state index contributed by atoms with van der Waals surface area (Å²) in [6.07, 6.45) is 0. The summed E-state index contributed by atoms with van der Waals surface area (Å²) in [5.74, 6) is -1.43. The molecule has 0 fully saturated rings. The minimum absolute atomic E-state index is 0.163. The molecule has 15 heavy (non-hydrogen) atoms. The molecule has 1 N–H and O–H groups in total. The number of nitrogens with one attached hydrogen (secondary N) is 1. The molecule has 0 aromatic heterocycles. The van der Waals surface area contributed by atoms with Crippen LogP contribution in [0.15, 0.2) is 0 Å². The number of nitrogens with zero attached hydrogens (tertiary/aromatic N) is 2. The monoisotopic (exact) mass is 213 g/mol. The lowest BCUT2D eigenvalue weighted by atomic mass is 10.4. The molecule has 0 atom stereocenters. The van der Waals surface area contributed by atoms with Gasteiger partial charge in [-0.3, -0.25) is 9.59 Å². The summed E-state index contributed by atoms with van der Waals surface area (Å²) in [5.41, 5.74) is 0. The molecule has 2 amide bonds. The fraction of sp³-hybridized carbons (Fsp3) is 0.667. The van der Waals surface area contributed by atoms with Crippen molar-refractivity contribution in [3.05, 3.63) is 0 Å². The Morgan fingerprint density at radius 2 is 2.20 bits per heavy atom. The molecular weight excluding hydrogens is 198 g/mol. The summed E-state index contributed by atoms with van der Waals surface area (Å²) in [4.78, 5) is 23.6. The second kappa shape index (κ2) is 7.76. The molecule has 0 aliphatic rings. The van der Waals surface area contributed by atoms with Gasteiger partial charge in [0.1, 0.15) is 6.54 Å². The zero-order valence-electron chi connectivity index (χ0n) is 8.95. The van der Waals surface area contributed by atoms with Gasteiger partial charge in [0.15, 0.2) is 0 Å². The van der Waals surface area contributed by atoms with Gasteiger partial charge in [-0.2, -0.15) is 5.26 Å². The number of ether oxygens (including phenoxy) is 1. The highest BCUT2D eigenvalue weighted by Crippen LogP contribution is 1.86. The molecule has 0 heterocycles. The van der Waals surface area contributed by atoms with Gasteiger partial charge >= 0.3 is 11.8 Å². The SMILES string of the molecule is CCOCCN(C)C(=O)C(=O)NCC#N. The second-order valence-corrected chi connectivity index (χ2v) is 2.76. The maximum atomic E-state index is 11.3. The number of nitriles is 1. The lowest BCUT2D eigenvalue weighted by Crippen LogP contribution is -2.42. The molecule has 0 unspecified atom stereocenters. The third kappa shape index (κ3) is 5.65. The smallest absolute Gasteiger partial charge is 0.311 e. The Morgan fingerprint density at radius 1 is 1.53 bits per heavy atom. The van der Waals surface area contributed by atoms with Crippen LogP contribution in [-0.2, 0) is 14.3 Å². The van der Waals surface area contributed by atoms with Gasteiger partial charge in [0.05, 0.1) is 12.7 Å². The van der Waals surface area contributed by atoms with E-state index in [2.05, 4.69) is 5.32 Å². The molecule has 0 aliphatic heterocycles. The molecular formula is C9H15N3O3. The van der Waals surface area contributed by atoms with E-state index in [1.165, 1.54) is 11.9 Å². The molecule has 0 bridgehead atoms. The van der Waals surface area contributed by atoms with Crippen LogP contribution in [0, 0.1) is 11.3 Å². The van der Waals surface area contributed by atoms with Gasteiger partial charge in [-0.15, -0.1) is 0 Å². The highest BCUT2D eigenvalue weighted by molar-refractivity contribution is 6.34. The first kappa shape index (κ1) is 13.4. The van der Waals surface area contributed by atoms with E-state index in [0.29, 0.717) is 19.8 Å². The summed E-state index contributed by atoms with van der Waals surface area (Å²) >= 11 is 0. The number of hydrogen-bond acceptors (Lipinski definition) is 4. The Bertz CT molecular complexity index is 260. The van der Waals surface area contributed by atoms with Crippen LogP contribution in [0.1, 0.15) is 6.92 Å². The standard InChI is InChI=1S/C9H15N3O3/c1-3-15-7-6-12(2)9(14)8(13)11-5-4-10/h3,5-7H2,1-2H3,(H,11,13). The van der Waals surface area contributed by atoms with Crippen molar-refractivity contribution in [1.82, 2.24) is 10.2 Å². The molecule has 6 nitrogen and oxygen atoms in total. The van der Waals surface area contributed by atoms with E-state index in [4.69, 9.17) is 10.00 Å². The van der Waals surface area contributed by atoms with Gasteiger partial charge in [-0.1, -0.05) is 0 Å². The van der Waals surface area contributed by atoms with Crippen molar-refractivity contribution < 1.29 is 14.3 Å². The molecule has 84 valence electrons. The van der Waals surface area contributed by atoms with E-state index in [-0.39, 0.29) is 6.54 Å². The number of hydrogen-bond donors (Lipinski definition) is 1. The molecule has 0 rings (SSSR count). The van der Waals surface area contributed by atoms with Gasteiger partial charge in [0, 0.05) is 20.2 Å². The first-order chi connectivity index (χ1) is 7.13. The molecule has 0 saturated carbocycles. The minimum Gasteiger partial charge on any atom is -0.380 e. The fourth-order valence-electron chi connectivity index (χ4n) is 0.816. The van der Waals surface area contributed by atoms with Crippen molar-refractivity contribution in [2.24, 2.45) is 0 Å². The lowest BCUT2D eigenvalue weighted by molar-refractivity contribution is -0.145. The van der Waals surface area contributed by atoms with Crippen molar-refractivity contribution in [1.29, 1.82) is 5.26 Å². The van der Waals surface area contributed by atoms with E-state index in [9.17, 15) is 9.59 Å². The van der Waals surface area contributed by atoms with E-state index >= 15 is 0 Å². The normalized spacial score (nSPS) is 9.13. The van der Waals surface area contributed by atoms with Crippen molar-refractivity contribution >= 4 is 11.8 Å². The molecule has 0 aliphatic carbocycles. The van der Waals surface area contributed by atoms with Crippen LogP contribution in [-0.4, -0.2) is 50.1 Å². The predicted octanol–water partition coefficient (Wildman–Crippen LogP) is -0.879. The zero-order valence-corrected chi connectivity index (χ0v) is 8.95. The maximum absolute atomic E-state index is 11.3. The van der Waals surface area contributed by atoms with E-state index in [1.54, 1.807) is 6.07 Å². The van der Waals surface area contributed by atoms with Gasteiger partial charge in [-0.05, 0) is 6.92 Å². The lowest BCUT2D eigenvalue weighted by Gasteiger charge is -2.15. The molecule has 0 aromatic rings. The van der Waals surface area contributed by atoms with Crippen LogP contribution in [0.25, 0.3) is 0 Å². The predicted molar refractivity (Wildman–Crippen MR) is 52.8 cm³/mol. The molecule has 0 saturated heterocycles. The number of rotatable bonds is 5. The van der Waals surface area contributed by atoms with E-state index in [1.807, 2.05) is 6.92 Å². The van der Waals surface area contributed by atoms with Crippen molar-refractivity contribution in [2.75, 3.05) is 33.4 Å². The number of carbonyl (C=O) groups is 2. The molecule has 0 aromatic carbocycles. The van der Waals surface area contributed by atoms with Crippen molar-refractivity contribution in [3.63, 3.8) is 0 Å². The Hall–Kier alpha value is -1.61. The summed E-state index contributed by atoms with van der Waals surface area (Å²) in [7, 11) is 1.51. The Balaban J connectivity index is 3.87. The molecule has 0 radical (unpaired) electrons. The third-order valence-corrected chi connectivity index (χ3v) is 1.64. The maximum Gasteiger partial charge on any atom is 0.311 e. The van der Waals surface area contributed by atoms with Crippen LogP contribution in [0.3, 0.4) is 0 Å². The first-order valence-electron chi connectivity index (χ1n) is 4.61. The molecule has 0 spiro atoms. The van der Waals surface area contributed by atoms with Gasteiger partial charge < -0.3 is 15.0 Å². The van der Waals surface area contributed by atoms with Gasteiger partial charge in [0.25, 0.3) is 0 Å². The quantitative estimate of drug-likeness (QED) is 0.365. The summed E-state index contributed by atoms with van der Waals surface area (Å²) in [6.45, 7) is 3.00. The van der Waals surface area contributed by atoms with E-state index < -0.39 is 11.8 Å². The Kier molecular flexibility index (Phi) is 6.93. The fourth-order valence-corrected chi connectivity index (χ4v) is 0.816. The zero-order chi connectivity index (χ0) is 11.7. The Labute approximate surface area is 88.8 Å². The number of carbonyl (C=O) groups excluding carboxylic acids is 2. The first-order valence-corrected chi connectivity index (χ1v) is 4.61. The minimum atomic E-state index is -0.768. The number of amides is 2. The Morgan fingerprint density at radius 3 is 2.73 bits per heavy atom. The van der Waals surface area contributed by atoms with Crippen LogP contribution < -0.4 is 5.32 Å².